The van der Waals surface area contributed by atoms with Crippen molar-refractivity contribution in [2.75, 3.05) is 13.2 Å². The first kappa shape index (κ1) is 22.6. The van der Waals surface area contributed by atoms with E-state index in [-0.39, 0.29) is 13.2 Å². The Bertz CT molecular complexity index is 877. The highest BCUT2D eigenvalue weighted by Gasteiger charge is 2.05. The number of hydrogen-bond acceptors (Lipinski definition) is 6. The largest absolute Gasteiger partial charge is 0.483 e. The molecule has 8 heteroatoms. The first-order chi connectivity index (χ1) is 14.3. The summed E-state index contributed by atoms with van der Waals surface area (Å²) in [6, 6.07) is 11.4. The van der Waals surface area contributed by atoms with E-state index in [1.165, 1.54) is 12.4 Å². The Kier molecular flexibility index (Phi) is 8.56. The highest BCUT2D eigenvalue weighted by Crippen LogP contribution is 2.19. The molecule has 0 atom stereocenters. The van der Waals surface area contributed by atoms with Crippen LogP contribution in [0, 0.1) is 27.7 Å². The van der Waals surface area contributed by atoms with Gasteiger partial charge in [-0.15, -0.1) is 0 Å². The lowest BCUT2D eigenvalue weighted by Gasteiger charge is -2.08. The van der Waals surface area contributed by atoms with Gasteiger partial charge in [0.1, 0.15) is 11.5 Å². The predicted octanol–water partition coefficient (Wildman–Crippen LogP) is 2.58. The molecule has 30 heavy (non-hydrogen) atoms. The number of hydrazone groups is 2. The summed E-state index contributed by atoms with van der Waals surface area (Å²) in [5.41, 5.74) is 8.77. The number of carbonyl (C=O) groups excluding carboxylic acids is 2. The molecule has 0 saturated carbocycles. The molecule has 0 radical (unpaired) electrons. The first-order valence-electron chi connectivity index (χ1n) is 9.37. The van der Waals surface area contributed by atoms with Gasteiger partial charge in [-0.3, -0.25) is 9.59 Å². The molecule has 2 rings (SSSR count). The summed E-state index contributed by atoms with van der Waals surface area (Å²) < 4.78 is 10.9. The molecule has 0 spiro atoms. The Morgan fingerprint density at radius 3 is 1.53 bits per heavy atom. The van der Waals surface area contributed by atoms with Crippen LogP contribution in [0.2, 0.25) is 0 Å². The average Bonchev–Trinajstić information content (AvgIpc) is 2.69. The molecule has 0 fully saturated rings. The zero-order chi connectivity index (χ0) is 21.9. The Morgan fingerprint density at radius 2 is 1.17 bits per heavy atom. The van der Waals surface area contributed by atoms with Crippen LogP contribution in [0.25, 0.3) is 0 Å². The van der Waals surface area contributed by atoms with Gasteiger partial charge in [-0.2, -0.15) is 10.2 Å². The van der Waals surface area contributed by atoms with Gasteiger partial charge in [0.05, 0.1) is 12.4 Å². The molecule has 158 valence electrons. The number of benzene rings is 2. The van der Waals surface area contributed by atoms with Crippen LogP contribution in [0.3, 0.4) is 0 Å². The number of carbonyl (C=O) groups is 2. The van der Waals surface area contributed by atoms with Crippen LogP contribution in [0.5, 0.6) is 11.5 Å². The van der Waals surface area contributed by atoms with E-state index in [1.54, 1.807) is 0 Å². The van der Waals surface area contributed by atoms with Gasteiger partial charge in [-0.1, -0.05) is 35.4 Å². The van der Waals surface area contributed by atoms with Crippen LogP contribution in [-0.2, 0) is 9.59 Å². The zero-order valence-electron chi connectivity index (χ0n) is 17.6. The monoisotopic (exact) mass is 410 g/mol. The van der Waals surface area contributed by atoms with Crippen molar-refractivity contribution in [1.82, 2.24) is 10.9 Å². The second kappa shape index (κ2) is 11.4. The Balaban J connectivity index is 1.64. The molecule has 0 aromatic heterocycles. The molecule has 0 unspecified atom stereocenters. The van der Waals surface area contributed by atoms with E-state index in [4.69, 9.17) is 9.47 Å². The van der Waals surface area contributed by atoms with Gasteiger partial charge in [0.2, 0.25) is 0 Å². The van der Waals surface area contributed by atoms with Crippen molar-refractivity contribution < 1.29 is 19.1 Å². The number of aryl methyl sites for hydroxylation is 4. The number of nitrogens with one attached hydrogen (secondary N) is 2. The Hall–Kier alpha value is -3.68. The molecule has 0 aliphatic carbocycles. The van der Waals surface area contributed by atoms with Gasteiger partial charge in [0, 0.05) is 0 Å². The third kappa shape index (κ3) is 7.75. The fourth-order valence-electron chi connectivity index (χ4n) is 2.56. The van der Waals surface area contributed by atoms with E-state index < -0.39 is 11.8 Å². The van der Waals surface area contributed by atoms with Gasteiger partial charge >= 0.3 is 0 Å². The van der Waals surface area contributed by atoms with Crippen molar-refractivity contribution >= 4 is 24.2 Å². The molecule has 0 heterocycles. The van der Waals surface area contributed by atoms with Gasteiger partial charge in [0.25, 0.3) is 11.8 Å². The molecular formula is C22H26N4O4. The molecule has 8 nitrogen and oxygen atoms in total. The van der Waals surface area contributed by atoms with E-state index in [0.717, 1.165) is 22.3 Å². The fourth-order valence-corrected chi connectivity index (χ4v) is 2.56. The molecule has 2 aromatic rings. The molecular weight excluding hydrogens is 384 g/mol. The fraction of sp³-hybridized carbons (Fsp3) is 0.273. The number of nitrogens with zero attached hydrogens (tertiary/aromatic N) is 2. The van der Waals surface area contributed by atoms with Crippen molar-refractivity contribution in [3.05, 3.63) is 58.7 Å². The summed E-state index contributed by atoms with van der Waals surface area (Å²) in [7, 11) is 0. The smallest absolute Gasteiger partial charge is 0.277 e. The lowest BCUT2D eigenvalue weighted by atomic mass is 10.1. The summed E-state index contributed by atoms with van der Waals surface area (Å²) >= 11 is 0. The minimum Gasteiger partial charge on any atom is -0.483 e. The minimum absolute atomic E-state index is 0.162. The Morgan fingerprint density at radius 1 is 0.767 bits per heavy atom. The van der Waals surface area contributed by atoms with Crippen molar-refractivity contribution in [2.24, 2.45) is 10.2 Å². The second-order valence-electron chi connectivity index (χ2n) is 6.74. The maximum absolute atomic E-state index is 11.7. The van der Waals surface area contributed by atoms with Gasteiger partial charge in [0.15, 0.2) is 13.2 Å². The van der Waals surface area contributed by atoms with E-state index in [9.17, 15) is 9.59 Å². The van der Waals surface area contributed by atoms with Gasteiger partial charge in [-0.05, 0) is 51.0 Å². The quantitative estimate of drug-likeness (QED) is 0.490. The predicted molar refractivity (Wildman–Crippen MR) is 116 cm³/mol. The van der Waals surface area contributed by atoms with Gasteiger partial charge < -0.3 is 9.47 Å². The summed E-state index contributed by atoms with van der Waals surface area (Å²) in [6.45, 7) is 7.47. The maximum atomic E-state index is 11.7. The number of amides is 2. The van der Waals surface area contributed by atoms with E-state index in [1.807, 2.05) is 64.1 Å². The molecule has 2 aromatic carbocycles. The highest BCUT2D eigenvalue weighted by molar-refractivity contribution is 6.16. The van der Waals surface area contributed by atoms with Crippen LogP contribution >= 0.6 is 0 Å². The third-order valence-electron chi connectivity index (χ3n) is 3.97. The van der Waals surface area contributed by atoms with E-state index in [2.05, 4.69) is 21.1 Å². The van der Waals surface area contributed by atoms with Crippen LogP contribution in [0.1, 0.15) is 22.3 Å². The lowest BCUT2D eigenvalue weighted by molar-refractivity contribution is -0.123. The van der Waals surface area contributed by atoms with E-state index in [0.29, 0.717) is 11.5 Å². The van der Waals surface area contributed by atoms with Crippen LogP contribution in [0.15, 0.2) is 46.6 Å². The molecule has 0 aliphatic rings. The van der Waals surface area contributed by atoms with Crippen molar-refractivity contribution in [3.63, 3.8) is 0 Å². The maximum Gasteiger partial charge on any atom is 0.277 e. The number of ether oxygens (including phenoxy) is 2. The van der Waals surface area contributed by atoms with Crippen LogP contribution in [-0.4, -0.2) is 37.5 Å². The van der Waals surface area contributed by atoms with Gasteiger partial charge in [-0.25, -0.2) is 10.9 Å². The van der Waals surface area contributed by atoms with Crippen LogP contribution in [0.4, 0.5) is 0 Å². The normalized spacial score (nSPS) is 10.9. The molecule has 0 bridgehead atoms. The zero-order valence-corrected chi connectivity index (χ0v) is 17.6. The summed E-state index contributed by atoms with van der Waals surface area (Å²) in [4.78, 5) is 23.4. The first-order valence-corrected chi connectivity index (χ1v) is 9.37. The number of rotatable bonds is 9. The SMILES string of the molecule is Cc1ccc(OCC(=O)NN=CC=NNC(=O)COc2ccc(C)cc2C)c(C)c1. The molecule has 0 saturated heterocycles. The average molecular weight is 410 g/mol. The summed E-state index contributed by atoms with van der Waals surface area (Å²) in [6.07, 6.45) is 2.47. The van der Waals surface area contributed by atoms with E-state index >= 15 is 0 Å². The Labute approximate surface area is 176 Å². The lowest BCUT2D eigenvalue weighted by Crippen LogP contribution is -2.25. The number of hydrogen-bond donors (Lipinski definition) is 2. The third-order valence-corrected chi connectivity index (χ3v) is 3.97. The minimum atomic E-state index is -0.412. The molecule has 2 N–H and O–H groups in total. The molecule has 0 aliphatic heterocycles. The summed E-state index contributed by atoms with van der Waals surface area (Å²) in [5, 5.41) is 7.39. The standard InChI is InChI=1S/C22H26N4O4/c1-15-5-7-19(17(3)11-15)29-13-21(27)25-23-9-10-24-26-22(28)14-30-20-8-6-16(2)12-18(20)4/h5-12H,13-14H2,1-4H3,(H,25,27)(H,26,28). The summed E-state index contributed by atoms with van der Waals surface area (Å²) in [5.74, 6) is 0.468. The topological polar surface area (TPSA) is 101 Å². The second-order valence-corrected chi connectivity index (χ2v) is 6.74. The van der Waals surface area contributed by atoms with Crippen molar-refractivity contribution in [3.8, 4) is 11.5 Å². The van der Waals surface area contributed by atoms with Crippen molar-refractivity contribution in [1.29, 1.82) is 0 Å². The van der Waals surface area contributed by atoms with Crippen molar-refractivity contribution in [2.45, 2.75) is 27.7 Å². The van der Waals surface area contributed by atoms with Crippen LogP contribution < -0.4 is 20.3 Å². The highest BCUT2D eigenvalue weighted by atomic mass is 16.5. The molecule has 2 amide bonds.